The molecule has 28 heavy (non-hydrogen) atoms. The van der Waals surface area contributed by atoms with Gasteiger partial charge < -0.3 is 9.47 Å². The van der Waals surface area contributed by atoms with Gasteiger partial charge in [-0.05, 0) is 49.5 Å². The predicted molar refractivity (Wildman–Crippen MR) is 102 cm³/mol. The van der Waals surface area contributed by atoms with Crippen molar-refractivity contribution in [2.24, 2.45) is 0 Å². The molecule has 1 aliphatic carbocycles. The Morgan fingerprint density at radius 1 is 1.29 bits per heavy atom. The molecule has 0 spiro atoms. The fraction of sp³-hybridized carbons (Fsp3) is 0.389. The molecule has 1 fully saturated rings. The zero-order chi connectivity index (χ0) is 19.4. The maximum atomic E-state index is 13.8. The molecular formula is C18H16ClFN6OS. The first kappa shape index (κ1) is 17.7. The molecule has 3 aromatic rings. The summed E-state index contributed by atoms with van der Waals surface area (Å²) in [7, 11) is 0. The smallest absolute Gasteiger partial charge is 0.254 e. The van der Waals surface area contributed by atoms with Crippen molar-refractivity contribution < 1.29 is 9.18 Å². The van der Waals surface area contributed by atoms with Gasteiger partial charge in [0.1, 0.15) is 11.6 Å². The van der Waals surface area contributed by atoms with E-state index in [4.69, 9.17) is 11.6 Å². The van der Waals surface area contributed by atoms with Crippen molar-refractivity contribution in [2.45, 2.75) is 38.3 Å². The maximum Gasteiger partial charge on any atom is 0.254 e. The summed E-state index contributed by atoms with van der Waals surface area (Å²) in [5.41, 5.74) is 0.264. The summed E-state index contributed by atoms with van der Waals surface area (Å²) >= 11 is 7.06. The highest BCUT2D eigenvalue weighted by Gasteiger charge is 2.34. The van der Waals surface area contributed by atoms with Crippen LogP contribution in [0.3, 0.4) is 0 Å². The first-order chi connectivity index (χ1) is 13.5. The molecule has 3 heterocycles. The monoisotopic (exact) mass is 418 g/mol. The lowest BCUT2D eigenvalue weighted by molar-refractivity contribution is 0.0638. The minimum atomic E-state index is -0.606. The van der Waals surface area contributed by atoms with Crippen molar-refractivity contribution in [1.82, 2.24) is 29.0 Å². The predicted octanol–water partition coefficient (Wildman–Crippen LogP) is 3.68. The van der Waals surface area contributed by atoms with Crippen LogP contribution in [-0.2, 0) is 6.54 Å². The number of benzene rings is 1. The van der Waals surface area contributed by atoms with Gasteiger partial charge in [0.25, 0.3) is 5.91 Å². The van der Waals surface area contributed by atoms with E-state index < -0.39 is 5.82 Å². The van der Waals surface area contributed by atoms with Gasteiger partial charge in [-0.15, -0.1) is 10.2 Å². The van der Waals surface area contributed by atoms with E-state index in [1.807, 2.05) is 11.5 Å². The molecule has 1 aliphatic heterocycles. The molecule has 0 saturated heterocycles. The van der Waals surface area contributed by atoms with E-state index in [1.165, 1.54) is 29.7 Å². The minimum absolute atomic E-state index is 0.00440. The van der Waals surface area contributed by atoms with E-state index in [-0.39, 0.29) is 22.5 Å². The topological polar surface area (TPSA) is 76.8 Å². The quantitative estimate of drug-likeness (QED) is 0.648. The third-order valence-corrected chi connectivity index (χ3v) is 6.22. The average molecular weight is 419 g/mol. The molecule has 1 saturated carbocycles. The number of hydrogen-bond acceptors (Lipinski definition) is 6. The van der Waals surface area contributed by atoms with Gasteiger partial charge in [0.05, 0.1) is 11.1 Å². The summed E-state index contributed by atoms with van der Waals surface area (Å²) in [6.07, 6.45) is 2.29. The van der Waals surface area contributed by atoms with Gasteiger partial charge in [-0.1, -0.05) is 11.6 Å². The van der Waals surface area contributed by atoms with E-state index in [0.717, 1.165) is 23.7 Å². The summed E-state index contributed by atoms with van der Waals surface area (Å²) in [5.74, 6) is 1.89. The first-order valence-electron chi connectivity index (χ1n) is 9.06. The zero-order valence-electron chi connectivity index (χ0n) is 15.0. The van der Waals surface area contributed by atoms with E-state index in [9.17, 15) is 9.18 Å². The molecule has 1 aromatic carbocycles. The van der Waals surface area contributed by atoms with Crippen LogP contribution < -0.4 is 0 Å². The number of fused-ring (bicyclic) bond motifs is 1. The van der Waals surface area contributed by atoms with E-state index in [1.54, 1.807) is 4.90 Å². The molecule has 2 aromatic heterocycles. The van der Waals surface area contributed by atoms with Crippen LogP contribution in [-0.4, -0.2) is 41.5 Å². The summed E-state index contributed by atoms with van der Waals surface area (Å²) in [6, 6.07) is 3.80. The SMILES string of the molecule is C[C@@H]1c2nnc(-c3nc(C4CC4)ns3)n2CCN1C(=O)c1ccc(Cl)c(F)c1. The van der Waals surface area contributed by atoms with Crippen LogP contribution in [0.1, 0.15) is 53.7 Å². The van der Waals surface area contributed by atoms with Gasteiger partial charge in [0.2, 0.25) is 0 Å². The van der Waals surface area contributed by atoms with Crippen molar-refractivity contribution >= 4 is 29.0 Å². The number of carbonyl (C=O) groups is 1. The Bertz CT molecular complexity index is 1080. The van der Waals surface area contributed by atoms with Gasteiger partial charge in [-0.3, -0.25) is 4.79 Å². The van der Waals surface area contributed by atoms with Crippen molar-refractivity contribution in [3.63, 3.8) is 0 Å². The van der Waals surface area contributed by atoms with Crippen LogP contribution in [0.2, 0.25) is 5.02 Å². The molecule has 1 amide bonds. The summed E-state index contributed by atoms with van der Waals surface area (Å²) < 4.78 is 20.2. The van der Waals surface area contributed by atoms with E-state index in [2.05, 4.69) is 19.6 Å². The second-order valence-corrected chi connectivity index (χ2v) is 8.23. The number of nitrogens with zero attached hydrogens (tertiary/aromatic N) is 6. The highest BCUT2D eigenvalue weighted by molar-refractivity contribution is 7.09. The number of carbonyl (C=O) groups excluding carboxylic acids is 1. The Hall–Kier alpha value is -2.39. The zero-order valence-corrected chi connectivity index (χ0v) is 16.5. The van der Waals surface area contributed by atoms with Gasteiger partial charge >= 0.3 is 0 Å². The summed E-state index contributed by atoms with van der Waals surface area (Å²) in [6.45, 7) is 2.90. The lowest BCUT2D eigenvalue weighted by Gasteiger charge is -2.33. The second-order valence-electron chi connectivity index (χ2n) is 7.07. The highest BCUT2D eigenvalue weighted by atomic mass is 35.5. The molecule has 1 atom stereocenters. The number of aromatic nitrogens is 5. The van der Waals surface area contributed by atoms with Crippen LogP contribution in [0.15, 0.2) is 18.2 Å². The molecule has 7 nitrogen and oxygen atoms in total. The van der Waals surface area contributed by atoms with Crippen molar-refractivity contribution in [2.75, 3.05) is 6.54 Å². The van der Waals surface area contributed by atoms with Crippen molar-refractivity contribution in [1.29, 1.82) is 0 Å². The lowest BCUT2D eigenvalue weighted by atomic mass is 10.1. The Morgan fingerprint density at radius 3 is 2.86 bits per heavy atom. The van der Waals surface area contributed by atoms with Gasteiger partial charge in [-0.25, -0.2) is 9.37 Å². The normalized spacial score (nSPS) is 19.0. The van der Waals surface area contributed by atoms with Crippen LogP contribution in [0.4, 0.5) is 4.39 Å². The standard InChI is InChI=1S/C18H16ClFN6OS/c1-9-15-22-23-16(17-21-14(24-28-17)10-2-3-10)26(15)7-6-25(9)18(27)11-4-5-12(19)13(20)8-11/h4-5,8-10H,2-3,6-7H2,1H3/t9-/m1/s1. The molecule has 0 N–H and O–H groups in total. The molecule has 2 aliphatic rings. The van der Waals surface area contributed by atoms with Crippen LogP contribution in [0.5, 0.6) is 0 Å². The minimum Gasteiger partial charge on any atom is -0.327 e. The van der Waals surface area contributed by atoms with E-state index in [0.29, 0.717) is 30.7 Å². The maximum absolute atomic E-state index is 13.8. The van der Waals surface area contributed by atoms with Crippen LogP contribution in [0, 0.1) is 5.82 Å². The Kier molecular flexibility index (Phi) is 4.17. The second kappa shape index (κ2) is 6.59. The van der Waals surface area contributed by atoms with Gasteiger partial charge in [0, 0.05) is 24.6 Å². The number of rotatable bonds is 3. The third kappa shape index (κ3) is 2.89. The van der Waals surface area contributed by atoms with Crippen LogP contribution >= 0.6 is 23.1 Å². The highest BCUT2D eigenvalue weighted by Crippen LogP contribution is 2.40. The third-order valence-electron chi connectivity index (χ3n) is 5.19. The molecule has 144 valence electrons. The molecular weight excluding hydrogens is 403 g/mol. The molecule has 0 radical (unpaired) electrons. The van der Waals surface area contributed by atoms with Crippen molar-refractivity contribution in [3.8, 4) is 10.8 Å². The molecule has 5 rings (SSSR count). The fourth-order valence-electron chi connectivity index (χ4n) is 3.45. The van der Waals surface area contributed by atoms with E-state index >= 15 is 0 Å². The average Bonchev–Trinajstić information content (AvgIpc) is 3.25. The van der Waals surface area contributed by atoms with Gasteiger partial charge in [0.15, 0.2) is 16.7 Å². The Labute approximate surface area is 169 Å². The molecule has 0 unspecified atom stereocenters. The Morgan fingerprint density at radius 2 is 2.11 bits per heavy atom. The Balaban J connectivity index is 1.42. The fourth-order valence-corrected chi connectivity index (χ4v) is 4.30. The molecule has 10 heteroatoms. The number of amides is 1. The number of halogens is 2. The lowest BCUT2D eigenvalue weighted by Crippen LogP contribution is -2.41. The summed E-state index contributed by atoms with van der Waals surface area (Å²) in [4.78, 5) is 19.2. The first-order valence-corrected chi connectivity index (χ1v) is 10.2. The molecule has 0 bridgehead atoms. The van der Waals surface area contributed by atoms with Crippen LogP contribution in [0.25, 0.3) is 10.8 Å². The largest absolute Gasteiger partial charge is 0.327 e. The van der Waals surface area contributed by atoms with Crippen molar-refractivity contribution in [3.05, 3.63) is 46.3 Å². The van der Waals surface area contributed by atoms with Gasteiger partial charge in [-0.2, -0.15) is 4.37 Å². The number of hydrogen-bond donors (Lipinski definition) is 0. The summed E-state index contributed by atoms with van der Waals surface area (Å²) in [5, 5.41) is 9.37.